The van der Waals surface area contributed by atoms with E-state index in [9.17, 15) is 0 Å². The average Bonchev–Trinajstić information content (AvgIpc) is 2.94. The normalized spacial score (nSPS) is 11.2. The van der Waals surface area contributed by atoms with Crippen LogP contribution in [0.4, 0.5) is 5.69 Å². The molecule has 3 rings (SSSR count). The van der Waals surface area contributed by atoms with Crippen LogP contribution in [-0.4, -0.2) is 17.0 Å². The van der Waals surface area contributed by atoms with Gasteiger partial charge in [0.05, 0.1) is 0 Å². The minimum atomic E-state index is 0.869. The first-order chi connectivity index (χ1) is 11.3. The van der Waals surface area contributed by atoms with E-state index in [0.29, 0.717) is 0 Å². The van der Waals surface area contributed by atoms with Crippen LogP contribution in [0.5, 0.6) is 0 Å². The summed E-state index contributed by atoms with van der Waals surface area (Å²) in [5.74, 6) is 0. The van der Waals surface area contributed by atoms with E-state index in [1.165, 1.54) is 16.5 Å². The quantitative estimate of drug-likeness (QED) is 0.706. The Labute approximate surface area is 136 Å². The van der Waals surface area contributed by atoms with Crippen LogP contribution in [0.2, 0.25) is 0 Å². The van der Waals surface area contributed by atoms with Gasteiger partial charge in [-0.15, -0.1) is 0 Å². The number of nitrogens with zero attached hydrogens (tertiary/aromatic N) is 1. The molecule has 0 bridgehead atoms. The van der Waals surface area contributed by atoms with E-state index in [2.05, 4.69) is 58.3 Å². The topological polar surface area (TPSA) is 40.7 Å². The fourth-order valence-corrected chi connectivity index (χ4v) is 2.93. The van der Waals surface area contributed by atoms with Crippen molar-refractivity contribution in [2.75, 3.05) is 12.4 Å². The first kappa shape index (κ1) is 15.1. The highest BCUT2D eigenvalue weighted by molar-refractivity contribution is 5.93. The van der Waals surface area contributed by atoms with Crippen molar-refractivity contribution < 1.29 is 0 Å². The summed E-state index contributed by atoms with van der Waals surface area (Å²) in [7, 11) is 1.94. The number of hydrogen-bond donors (Lipinski definition) is 2. The monoisotopic (exact) mass is 303 g/mol. The highest BCUT2D eigenvalue weighted by atomic mass is 14.9. The van der Waals surface area contributed by atoms with Gasteiger partial charge in [0.15, 0.2) is 0 Å². The molecule has 0 atom stereocenters. The van der Waals surface area contributed by atoms with E-state index >= 15 is 0 Å². The average molecular weight is 303 g/mol. The Kier molecular flexibility index (Phi) is 4.29. The predicted octanol–water partition coefficient (Wildman–Crippen LogP) is 4.87. The molecule has 3 aromatic rings. The van der Waals surface area contributed by atoms with Gasteiger partial charge in [0, 0.05) is 35.6 Å². The van der Waals surface area contributed by atoms with E-state index in [1.807, 2.05) is 32.3 Å². The maximum absolute atomic E-state index is 4.48. The standard InChI is InChI=1S/C20H21N3/c1-4-7-17-18(5-2)23-20-19(17)15(10-11-22-20)12-14-8-6-9-16(13-14)21-3/h4-11,13,21H,2,12H2,1,3H3,(H,22,23)/b7-4-. The smallest absolute Gasteiger partial charge is 0.138 e. The Morgan fingerprint density at radius 1 is 1.30 bits per heavy atom. The second kappa shape index (κ2) is 6.53. The number of rotatable bonds is 5. The second-order valence-corrected chi connectivity index (χ2v) is 5.48. The van der Waals surface area contributed by atoms with E-state index in [0.717, 1.165) is 29.0 Å². The molecule has 0 amide bonds. The second-order valence-electron chi connectivity index (χ2n) is 5.48. The molecule has 0 aliphatic heterocycles. The van der Waals surface area contributed by atoms with Crippen molar-refractivity contribution in [2.45, 2.75) is 13.3 Å². The van der Waals surface area contributed by atoms with Gasteiger partial charge in [-0.2, -0.15) is 0 Å². The number of fused-ring (bicyclic) bond motifs is 1. The van der Waals surface area contributed by atoms with Crippen molar-refractivity contribution in [3.63, 3.8) is 0 Å². The number of nitrogens with one attached hydrogen (secondary N) is 2. The minimum absolute atomic E-state index is 0.869. The van der Waals surface area contributed by atoms with Gasteiger partial charge >= 0.3 is 0 Å². The summed E-state index contributed by atoms with van der Waals surface area (Å²) in [4.78, 5) is 7.83. The number of H-pyrrole nitrogens is 1. The van der Waals surface area contributed by atoms with Crippen molar-refractivity contribution in [1.82, 2.24) is 9.97 Å². The summed E-state index contributed by atoms with van der Waals surface area (Å²) in [6, 6.07) is 10.6. The zero-order chi connectivity index (χ0) is 16.2. The highest BCUT2D eigenvalue weighted by Crippen LogP contribution is 2.28. The third kappa shape index (κ3) is 2.90. The fourth-order valence-electron chi connectivity index (χ4n) is 2.93. The first-order valence-corrected chi connectivity index (χ1v) is 7.78. The maximum atomic E-state index is 4.48. The molecule has 3 nitrogen and oxygen atoms in total. The van der Waals surface area contributed by atoms with Crippen LogP contribution in [0.25, 0.3) is 23.2 Å². The van der Waals surface area contributed by atoms with Crippen LogP contribution in [0.15, 0.2) is 49.2 Å². The van der Waals surface area contributed by atoms with Crippen LogP contribution < -0.4 is 5.32 Å². The fraction of sp³-hybridized carbons (Fsp3) is 0.150. The van der Waals surface area contributed by atoms with Crippen LogP contribution in [0, 0.1) is 0 Å². The number of aromatic amines is 1. The lowest BCUT2D eigenvalue weighted by Gasteiger charge is -2.07. The molecule has 0 saturated heterocycles. The van der Waals surface area contributed by atoms with Gasteiger partial charge in [-0.25, -0.2) is 4.98 Å². The molecule has 2 aromatic heterocycles. The van der Waals surface area contributed by atoms with Crippen molar-refractivity contribution in [3.8, 4) is 0 Å². The lowest BCUT2D eigenvalue weighted by Crippen LogP contribution is -1.93. The molecule has 0 spiro atoms. The van der Waals surface area contributed by atoms with E-state index in [-0.39, 0.29) is 0 Å². The largest absolute Gasteiger partial charge is 0.388 e. The SMILES string of the molecule is C=Cc1[nH]c2nccc(Cc3cccc(NC)c3)c2c1/C=C\C. The summed E-state index contributed by atoms with van der Waals surface area (Å²) in [6.45, 7) is 5.93. The number of hydrogen-bond acceptors (Lipinski definition) is 2. The number of benzene rings is 1. The van der Waals surface area contributed by atoms with Gasteiger partial charge in [-0.1, -0.05) is 30.9 Å². The Bertz CT molecular complexity index is 872. The Morgan fingerprint density at radius 3 is 2.91 bits per heavy atom. The van der Waals surface area contributed by atoms with Gasteiger partial charge in [0.2, 0.25) is 0 Å². The Balaban J connectivity index is 2.13. The molecule has 1 aromatic carbocycles. The lowest BCUT2D eigenvalue weighted by molar-refractivity contribution is 1.19. The zero-order valence-corrected chi connectivity index (χ0v) is 13.6. The van der Waals surface area contributed by atoms with Crippen LogP contribution >= 0.6 is 0 Å². The van der Waals surface area contributed by atoms with E-state index in [4.69, 9.17) is 0 Å². The van der Waals surface area contributed by atoms with Gasteiger partial charge in [-0.3, -0.25) is 0 Å². The third-order valence-electron chi connectivity index (χ3n) is 4.00. The molecule has 0 fully saturated rings. The molecule has 23 heavy (non-hydrogen) atoms. The van der Waals surface area contributed by atoms with E-state index < -0.39 is 0 Å². The molecule has 0 unspecified atom stereocenters. The van der Waals surface area contributed by atoms with Crippen molar-refractivity contribution in [2.24, 2.45) is 0 Å². The molecule has 0 aliphatic carbocycles. The molecule has 0 saturated carbocycles. The van der Waals surface area contributed by atoms with Gasteiger partial charge in [-0.05, 0) is 48.7 Å². The Hall–Kier alpha value is -2.81. The number of anilines is 1. The molecule has 0 aliphatic rings. The summed E-state index contributed by atoms with van der Waals surface area (Å²) < 4.78 is 0. The molecular formula is C20H21N3. The molecular weight excluding hydrogens is 282 g/mol. The number of aromatic nitrogens is 2. The summed E-state index contributed by atoms with van der Waals surface area (Å²) in [5, 5.41) is 4.37. The maximum Gasteiger partial charge on any atom is 0.138 e. The van der Waals surface area contributed by atoms with Gasteiger partial charge in [0.25, 0.3) is 0 Å². The van der Waals surface area contributed by atoms with Crippen molar-refractivity contribution >= 4 is 28.9 Å². The molecule has 0 radical (unpaired) electrons. The molecule has 116 valence electrons. The molecule has 3 heteroatoms. The van der Waals surface area contributed by atoms with Crippen molar-refractivity contribution in [1.29, 1.82) is 0 Å². The predicted molar refractivity (Wildman–Crippen MR) is 99.7 cm³/mol. The first-order valence-electron chi connectivity index (χ1n) is 7.78. The van der Waals surface area contributed by atoms with Gasteiger partial charge < -0.3 is 10.3 Å². The lowest BCUT2D eigenvalue weighted by atomic mass is 9.99. The van der Waals surface area contributed by atoms with E-state index in [1.54, 1.807) is 0 Å². The minimum Gasteiger partial charge on any atom is -0.388 e. The summed E-state index contributed by atoms with van der Waals surface area (Å²) in [5.41, 5.74) is 6.75. The van der Waals surface area contributed by atoms with Crippen LogP contribution in [0.1, 0.15) is 29.3 Å². The Morgan fingerprint density at radius 2 is 2.17 bits per heavy atom. The summed E-state index contributed by atoms with van der Waals surface area (Å²) >= 11 is 0. The molecule has 2 N–H and O–H groups in total. The summed E-state index contributed by atoms with van der Waals surface area (Å²) in [6.07, 6.45) is 8.75. The van der Waals surface area contributed by atoms with Crippen LogP contribution in [0.3, 0.4) is 0 Å². The van der Waals surface area contributed by atoms with Crippen molar-refractivity contribution in [3.05, 3.63) is 71.6 Å². The molecule has 2 heterocycles. The number of pyridine rings is 1. The van der Waals surface area contributed by atoms with Gasteiger partial charge in [0.1, 0.15) is 5.65 Å². The zero-order valence-electron chi connectivity index (χ0n) is 13.6. The third-order valence-corrected chi connectivity index (χ3v) is 4.00. The van der Waals surface area contributed by atoms with Crippen LogP contribution in [-0.2, 0) is 6.42 Å². The highest BCUT2D eigenvalue weighted by Gasteiger charge is 2.12. The number of allylic oxidation sites excluding steroid dienone is 1.